The predicted octanol–water partition coefficient (Wildman–Crippen LogP) is 4.21. The van der Waals surface area contributed by atoms with Gasteiger partial charge in [-0.3, -0.25) is 0 Å². The molecule has 1 aliphatic rings. The van der Waals surface area contributed by atoms with Crippen molar-refractivity contribution < 1.29 is 9.53 Å². The molecule has 0 atom stereocenters. The number of rotatable bonds is 4. The predicted molar refractivity (Wildman–Crippen MR) is 73.4 cm³/mol. The maximum Gasteiger partial charge on any atom is 0.338 e. The highest BCUT2D eigenvalue weighted by Crippen LogP contribution is 2.36. The molecule has 0 aromatic heterocycles. The van der Waals surface area contributed by atoms with E-state index in [1.165, 1.54) is 0 Å². The first-order chi connectivity index (χ1) is 8.69. The zero-order valence-electron chi connectivity index (χ0n) is 10.9. The van der Waals surface area contributed by atoms with Gasteiger partial charge in [0.1, 0.15) is 5.60 Å². The summed E-state index contributed by atoms with van der Waals surface area (Å²) in [7, 11) is 0. The molecular weight excluding hydrogens is 224 g/mol. The summed E-state index contributed by atoms with van der Waals surface area (Å²) in [5, 5.41) is 0. The molecule has 0 unspecified atom stereocenters. The van der Waals surface area contributed by atoms with Crippen LogP contribution in [-0.4, -0.2) is 11.6 Å². The summed E-state index contributed by atoms with van der Waals surface area (Å²) in [6.45, 7) is 5.79. The second-order valence-electron chi connectivity index (χ2n) is 4.96. The second-order valence-corrected chi connectivity index (χ2v) is 4.96. The highest BCUT2D eigenvalue weighted by Gasteiger charge is 2.36. The van der Waals surface area contributed by atoms with Gasteiger partial charge in [0.25, 0.3) is 0 Å². The highest BCUT2D eigenvalue weighted by molar-refractivity contribution is 5.90. The zero-order valence-corrected chi connectivity index (χ0v) is 10.9. The average Bonchev–Trinajstić information content (AvgIpc) is 2.88. The quantitative estimate of drug-likeness (QED) is 0.742. The molecule has 0 saturated heterocycles. The lowest BCUT2D eigenvalue weighted by molar-refractivity contribution is -0.0172. The molecular formula is C16H20O2. The molecule has 18 heavy (non-hydrogen) atoms. The van der Waals surface area contributed by atoms with E-state index in [0.29, 0.717) is 5.56 Å². The lowest BCUT2D eigenvalue weighted by Gasteiger charge is -2.27. The fourth-order valence-corrected chi connectivity index (χ4v) is 2.56. The van der Waals surface area contributed by atoms with E-state index in [1.54, 1.807) is 18.2 Å². The Hall–Kier alpha value is -1.57. The number of hydrogen-bond donors (Lipinski definition) is 0. The molecule has 2 nitrogen and oxygen atoms in total. The second kappa shape index (κ2) is 5.38. The minimum absolute atomic E-state index is 0.200. The Bertz CT molecular complexity index is 425. The fourth-order valence-electron chi connectivity index (χ4n) is 2.56. The van der Waals surface area contributed by atoms with Crippen molar-refractivity contribution in [3.63, 3.8) is 0 Å². The van der Waals surface area contributed by atoms with E-state index < -0.39 is 0 Å². The summed E-state index contributed by atoms with van der Waals surface area (Å²) in [6.07, 6.45) is 7.00. The Morgan fingerprint density at radius 3 is 2.44 bits per heavy atom. The minimum atomic E-state index is -0.214. The van der Waals surface area contributed by atoms with Crippen LogP contribution in [0, 0.1) is 0 Å². The standard InChI is InChI=1S/C16H20O2/c1-3-13-7-9-14(10-8-13)15(17)18-16(4-2)11-5-6-12-16/h3,7-10H,1,4-6,11-12H2,2H3. The summed E-state index contributed by atoms with van der Waals surface area (Å²) in [5.74, 6) is -0.200. The van der Waals surface area contributed by atoms with Gasteiger partial charge in [0.05, 0.1) is 5.56 Å². The molecule has 96 valence electrons. The number of ether oxygens (including phenoxy) is 1. The Kier molecular flexibility index (Phi) is 3.85. The third-order valence-electron chi connectivity index (χ3n) is 3.85. The van der Waals surface area contributed by atoms with E-state index in [0.717, 1.165) is 37.7 Å². The van der Waals surface area contributed by atoms with Crippen molar-refractivity contribution in [3.05, 3.63) is 42.0 Å². The molecule has 1 aromatic carbocycles. The van der Waals surface area contributed by atoms with Crippen molar-refractivity contribution in [2.75, 3.05) is 0 Å². The first-order valence-corrected chi connectivity index (χ1v) is 6.65. The molecule has 0 N–H and O–H groups in total. The van der Waals surface area contributed by atoms with Crippen LogP contribution >= 0.6 is 0 Å². The van der Waals surface area contributed by atoms with Crippen molar-refractivity contribution >= 4 is 12.0 Å². The Balaban J connectivity index is 2.08. The fraction of sp³-hybridized carbons (Fsp3) is 0.438. The third kappa shape index (κ3) is 2.63. The molecule has 2 heteroatoms. The number of carbonyl (C=O) groups is 1. The Morgan fingerprint density at radius 1 is 1.33 bits per heavy atom. The lowest BCUT2D eigenvalue weighted by Crippen LogP contribution is -2.31. The molecule has 0 spiro atoms. The maximum atomic E-state index is 12.1. The van der Waals surface area contributed by atoms with Gasteiger partial charge in [0.2, 0.25) is 0 Å². The van der Waals surface area contributed by atoms with Crippen LogP contribution in [0.2, 0.25) is 0 Å². The first-order valence-electron chi connectivity index (χ1n) is 6.65. The number of carbonyl (C=O) groups excluding carboxylic acids is 1. The van der Waals surface area contributed by atoms with Crippen molar-refractivity contribution in [1.29, 1.82) is 0 Å². The van der Waals surface area contributed by atoms with Gasteiger partial charge in [0.15, 0.2) is 0 Å². The molecule has 1 saturated carbocycles. The van der Waals surface area contributed by atoms with Crippen LogP contribution in [0.5, 0.6) is 0 Å². The van der Waals surface area contributed by atoms with Crippen molar-refractivity contribution in [1.82, 2.24) is 0 Å². The summed E-state index contributed by atoms with van der Waals surface area (Å²) in [6, 6.07) is 7.38. The SMILES string of the molecule is C=Cc1ccc(C(=O)OC2(CC)CCCC2)cc1. The summed E-state index contributed by atoms with van der Waals surface area (Å²) in [5.41, 5.74) is 1.42. The number of benzene rings is 1. The van der Waals surface area contributed by atoms with Crippen LogP contribution in [-0.2, 0) is 4.74 Å². The van der Waals surface area contributed by atoms with Gasteiger partial charge in [0, 0.05) is 0 Å². The molecule has 0 bridgehead atoms. The van der Waals surface area contributed by atoms with Crippen LogP contribution in [0.15, 0.2) is 30.8 Å². The molecule has 1 aliphatic carbocycles. The first kappa shape index (κ1) is 12.9. The van der Waals surface area contributed by atoms with Crippen LogP contribution in [0.1, 0.15) is 54.9 Å². The van der Waals surface area contributed by atoms with E-state index in [9.17, 15) is 4.79 Å². The minimum Gasteiger partial charge on any atom is -0.455 e. The van der Waals surface area contributed by atoms with E-state index in [4.69, 9.17) is 4.74 Å². The van der Waals surface area contributed by atoms with E-state index in [1.807, 2.05) is 12.1 Å². The van der Waals surface area contributed by atoms with E-state index in [-0.39, 0.29) is 11.6 Å². The van der Waals surface area contributed by atoms with Crippen LogP contribution in [0.25, 0.3) is 6.08 Å². The molecule has 0 aliphatic heterocycles. The largest absolute Gasteiger partial charge is 0.455 e. The zero-order chi connectivity index (χ0) is 13.0. The topological polar surface area (TPSA) is 26.3 Å². The Labute approximate surface area is 109 Å². The van der Waals surface area contributed by atoms with E-state index in [2.05, 4.69) is 13.5 Å². The molecule has 0 heterocycles. The summed E-state index contributed by atoms with van der Waals surface area (Å²) in [4.78, 5) is 12.1. The van der Waals surface area contributed by atoms with Crippen molar-refractivity contribution in [2.45, 2.75) is 44.6 Å². The smallest absolute Gasteiger partial charge is 0.338 e. The maximum absolute atomic E-state index is 12.1. The normalized spacial score (nSPS) is 17.4. The van der Waals surface area contributed by atoms with Gasteiger partial charge in [-0.2, -0.15) is 0 Å². The average molecular weight is 244 g/mol. The lowest BCUT2D eigenvalue weighted by atomic mass is 9.98. The van der Waals surface area contributed by atoms with Crippen molar-refractivity contribution in [2.24, 2.45) is 0 Å². The van der Waals surface area contributed by atoms with Gasteiger partial charge >= 0.3 is 5.97 Å². The van der Waals surface area contributed by atoms with Gasteiger partial charge in [-0.25, -0.2) is 4.79 Å². The molecule has 0 amide bonds. The van der Waals surface area contributed by atoms with E-state index >= 15 is 0 Å². The van der Waals surface area contributed by atoms with Gasteiger partial charge in [-0.1, -0.05) is 31.7 Å². The highest BCUT2D eigenvalue weighted by atomic mass is 16.6. The van der Waals surface area contributed by atoms with Gasteiger partial charge in [-0.15, -0.1) is 0 Å². The Morgan fingerprint density at radius 2 is 1.94 bits per heavy atom. The van der Waals surface area contributed by atoms with Crippen LogP contribution in [0.4, 0.5) is 0 Å². The van der Waals surface area contributed by atoms with Crippen LogP contribution in [0.3, 0.4) is 0 Å². The van der Waals surface area contributed by atoms with Crippen molar-refractivity contribution in [3.8, 4) is 0 Å². The molecule has 2 rings (SSSR count). The number of esters is 1. The molecule has 0 radical (unpaired) electrons. The summed E-state index contributed by atoms with van der Waals surface area (Å²) < 4.78 is 5.74. The molecule has 1 aromatic rings. The monoisotopic (exact) mass is 244 g/mol. The number of hydrogen-bond acceptors (Lipinski definition) is 2. The third-order valence-corrected chi connectivity index (χ3v) is 3.85. The van der Waals surface area contributed by atoms with Crippen LogP contribution < -0.4 is 0 Å². The summed E-state index contributed by atoms with van der Waals surface area (Å²) >= 11 is 0. The van der Waals surface area contributed by atoms with Gasteiger partial charge in [-0.05, 0) is 49.8 Å². The molecule has 1 fully saturated rings. The van der Waals surface area contributed by atoms with Gasteiger partial charge < -0.3 is 4.74 Å².